The Morgan fingerprint density at radius 2 is 1.12 bits per heavy atom. The summed E-state index contributed by atoms with van der Waals surface area (Å²) in [5, 5.41) is 22.2. The lowest BCUT2D eigenvalue weighted by molar-refractivity contribution is -0.0715. The minimum atomic E-state index is -0.482. The fourth-order valence-corrected chi connectivity index (χ4v) is 8.14. The van der Waals surface area contributed by atoms with Crippen LogP contribution in [0.1, 0.15) is 64.2 Å². The second-order valence-electron chi connectivity index (χ2n) is 9.71. The number of aliphatic hydroxyl groups is 2. The highest BCUT2D eigenvalue weighted by Crippen LogP contribution is 2.61. The Morgan fingerprint density at radius 3 is 1.58 bits per heavy atom. The summed E-state index contributed by atoms with van der Waals surface area (Å²) in [5.41, 5.74) is 6.87. The maximum absolute atomic E-state index is 11.1. The molecule has 0 aliphatic heterocycles. The van der Waals surface area contributed by atoms with Crippen molar-refractivity contribution < 1.29 is 10.2 Å². The van der Waals surface area contributed by atoms with E-state index >= 15 is 0 Å². The molecule has 6 aliphatic rings. The zero-order valence-corrected chi connectivity index (χ0v) is 14.6. The van der Waals surface area contributed by atoms with Crippen molar-refractivity contribution in [1.29, 1.82) is 0 Å². The van der Waals surface area contributed by atoms with Crippen LogP contribution in [0.5, 0.6) is 0 Å². The summed E-state index contributed by atoms with van der Waals surface area (Å²) in [5.74, 6) is 3.54. The Hall–Kier alpha value is -0.600. The Labute approximate surface area is 145 Å². The molecule has 2 heteroatoms. The first-order valence-corrected chi connectivity index (χ1v) is 10.5. The highest BCUT2D eigenvalue weighted by molar-refractivity contribution is 5.35. The predicted octanol–water partition coefficient (Wildman–Crippen LogP) is 3.98. The first-order chi connectivity index (χ1) is 11.7. The monoisotopic (exact) mass is 326 g/mol. The normalized spacial score (nSPS) is 47.8. The first-order valence-electron chi connectivity index (χ1n) is 10.5. The molecule has 0 aromatic heterocycles. The summed E-state index contributed by atoms with van der Waals surface area (Å²) in [6, 6.07) is 0. The number of aliphatic hydroxyl groups excluding tert-OH is 2. The second kappa shape index (κ2) is 4.98. The van der Waals surface area contributed by atoms with Gasteiger partial charge >= 0.3 is 0 Å². The minimum absolute atomic E-state index is 0.345. The summed E-state index contributed by atoms with van der Waals surface area (Å²) in [6.07, 6.45) is 11.7. The second-order valence-corrected chi connectivity index (χ2v) is 9.71. The van der Waals surface area contributed by atoms with Gasteiger partial charge in [-0.3, -0.25) is 0 Å². The van der Waals surface area contributed by atoms with Crippen molar-refractivity contribution in [2.24, 2.45) is 35.5 Å². The van der Waals surface area contributed by atoms with Gasteiger partial charge in [-0.25, -0.2) is 0 Å². The zero-order valence-electron chi connectivity index (χ0n) is 14.6. The van der Waals surface area contributed by atoms with E-state index in [1.165, 1.54) is 51.4 Å². The van der Waals surface area contributed by atoms with E-state index in [9.17, 15) is 10.2 Å². The highest BCUT2D eigenvalue weighted by atomic mass is 16.3. The van der Waals surface area contributed by atoms with Crippen LogP contribution in [0, 0.1) is 35.5 Å². The molecule has 0 aromatic rings. The molecule has 0 saturated heterocycles. The molecule has 24 heavy (non-hydrogen) atoms. The summed E-state index contributed by atoms with van der Waals surface area (Å²) >= 11 is 0. The molecule has 2 N–H and O–H groups in total. The van der Waals surface area contributed by atoms with E-state index < -0.39 is 12.2 Å². The third-order valence-electron chi connectivity index (χ3n) is 9.02. The summed E-state index contributed by atoms with van der Waals surface area (Å²) in [7, 11) is 0. The van der Waals surface area contributed by atoms with Crippen LogP contribution in [-0.2, 0) is 0 Å². The molecular formula is C22H30O2. The van der Waals surface area contributed by atoms with Crippen molar-refractivity contribution in [2.75, 3.05) is 0 Å². The van der Waals surface area contributed by atoms with E-state index in [0.29, 0.717) is 23.7 Å². The van der Waals surface area contributed by atoms with Gasteiger partial charge in [0.2, 0.25) is 0 Å². The number of hydrogen-bond acceptors (Lipinski definition) is 2. The van der Waals surface area contributed by atoms with Gasteiger partial charge in [-0.1, -0.05) is 22.3 Å². The molecule has 6 rings (SSSR count). The number of fused-ring (bicyclic) bond motifs is 8. The van der Waals surface area contributed by atoms with Crippen molar-refractivity contribution in [1.82, 2.24) is 0 Å². The number of rotatable bonds is 3. The largest absolute Gasteiger partial charge is 0.390 e. The van der Waals surface area contributed by atoms with Gasteiger partial charge in [-0.15, -0.1) is 0 Å². The van der Waals surface area contributed by atoms with E-state index in [4.69, 9.17) is 0 Å². The maximum Gasteiger partial charge on any atom is 0.0836 e. The standard InChI is InChI=1S/C22H30O2/c23-21(19-9-11-7-17(19)15-5-1-3-13(11)15)22(24)20-10-12-8-18(20)16-6-2-4-14(12)16/h15-24H,1-10H2. The van der Waals surface area contributed by atoms with Crippen molar-refractivity contribution in [3.8, 4) is 0 Å². The van der Waals surface area contributed by atoms with Crippen LogP contribution in [0.3, 0.4) is 0 Å². The van der Waals surface area contributed by atoms with E-state index in [0.717, 1.165) is 24.7 Å². The molecule has 4 bridgehead atoms. The molecule has 8 unspecified atom stereocenters. The van der Waals surface area contributed by atoms with Gasteiger partial charge < -0.3 is 10.2 Å². The summed E-state index contributed by atoms with van der Waals surface area (Å²) < 4.78 is 0. The van der Waals surface area contributed by atoms with Crippen molar-refractivity contribution in [3.63, 3.8) is 0 Å². The average Bonchev–Trinajstić information content (AvgIpc) is 3.40. The molecule has 0 amide bonds. The fourth-order valence-electron chi connectivity index (χ4n) is 8.14. The molecular weight excluding hydrogens is 296 g/mol. The molecule has 130 valence electrons. The van der Waals surface area contributed by atoms with Crippen LogP contribution in [0.4, 0.5) is 0 Å². The van der Waals surface area contributed by atoms with Gasteiger partial charge in [0.05, 0.1) is 12.2 Å². The van der Waals surface area contributed by atoms with Crippen molar-refractivity contribution in [2.45, 2.75) is 76.4 Å². The van der Waals surface area contributed by atoms with E-state index in [1.54, 1.807) is 22.3 Å². The molecule has 4 saturated carbocycles. The van der Waals surface area contributed by atoms with Gasteiger partial charge in [0.1, 0.15) is 0 Å². The number of allylic oxidation sites excluding steroid dienone is 4. The highest BCUT2D eigenvalue weighted by Gasteiger charge is 2.54. The third-order valence-corrected chi connectivity index (χ3v) is 9.02. The molecule has 2 nitrogen and oxygen atoms in total. The van der Waals surface area contributed by atoms with Crippen LogP contribution in [0.25, 0.3) is 0 Å². The van der Waals surface area contributed by atoms with Crippen LogP contribution < -0.4 is 0 Å². The van der Waals surface area contributed by atoms with Gasteiger partial charge in [0, 0.05) is 0 Å². The smallest absolute Gasteiger partial charge is 0.0836 e. The minimum Gasteiger partial charge on any atom is -0.390 e. The Balaban J connectivity index is 1.22. The lowest BCUT2D eigenvalue weighted by atomic mass is 9.71. The molecule has 0 heterocycles. The average molecular weight is 326 g/mol. The Bertz CT molecular complexity index is 588. The molecule has 4 fully saturated rings. The zero-order chi connectivity index (χ0) is 16.0. The quantitative estimate of drug-likeness (QED) is 0.770. The molecule has 6 aliphatic carbocycles. The lowest BCUT2D eigenvalue weighted by Crippen LogP contribution is -2.44. The molecule has 0 aromatic carbocycles. The van der Waals surface area contributed by atoms with Gasteiger partial charge in [-0.05, 0) is 99.7 Å². The van der Waals surface area contributed by atoms with E-state index in [1.807, 2.05) is 0 Å². The van der Waals surface area contributed by atoms with E-state index in [-0.39, 0.29) is 0 Å². The van der Waals surface area contributed by atoms with Crippen LogP contribution >= 0.6 is 0 Å². The number of hydrogen-bond donors (Lipinski definition) is 2. The Morgan fingerprint density at radius 1 is 0.667 bits per heavy atom. The van der Waals surface area contributed by atoms with Gasteiger partial charge in [0.25, 0.3) is 0 Å². The predicted molar refractivity (Wildman–Crippen MR) is 93.2 cm³/mol. The topological polar surface area (TPSA) is 40.5 Å². The Kier molecular flexibility index (Phi) is 3.02. The summed E-state index contributed by atoms with van der Waals surface area (Å²) in [4.78, 5) is 0. The molecule has 0 radical (unpaired) electrons. The van der Waals surface area contributed by atoms with Crippen LogP contribution in [-0.4, -0.2) is 22.4 Å². The van der Waals surface area contributed by atoms with Gasteiger partial charge in [0.15, 0.2) is 0 Å². The SMILES string of the molecule is OC(C(O)C1CC2=C3CCCC3C1C2)C1CC2=C3CCCC3C1C2. The molecule has 0 spiro atoms. The first kappa shape index (κ1) is 14.6. The summed E-state index contributed by atoms with van der Waals surface area (Å²) in [6.45, 7) is 0. The molecule has 8 atom stereocenters. The van der Waals surface area contributed by atoms with Crippen molar-refractivity contribution in [3.05, 3.63) is 22.3 Å². The fraction of sp³-hybridized carbons (Fsp3) is 0.818. The maximum atomic E-state index is 11.1. The van der Waals surface area contributed by atoms with Crippen molar-refractivity contribution >= 4 is 0 Å². The third kappa shape index (κ3) is 1.75. The lowest BCUT2D eigenvalue weighted by Gasteiger charge is -2.38. The van der Waals surface area contributed by atoms with Crippen LogP contribution in [0.2, 0.25) is 0 Å². The van der Waals surface area contributed by atoms with E-state index in [2.05, 4.69) is 0 Å². The van der Waals surface area contributed by atoms with Crippen LogP contribution in [0.15, 0.2) is 22.3 Å². The van der Waals surface area contributed by atoms with Gasteiger partial charge in [-0.2, -0.15) is 0 Å².